The first kappa shape index (κ1) is 21.9. The number of benzene rings is 2. The van der Waals surface area contributed by atoms with Gasteiger partial charge >= 0.3 is 0 Å². The highest BCUT2D eigenvalue weighted by molar-refractivity contribution is 5.81. The topological polar surface area (TPSA) is 92.7 Å². The summed E-state index contributed by atoms with van der Waals surface area (Å²) in [6.07, 6.45) is 3.40. The van der Waals surface area contributed by atoms with Crippen molar-refractivity contribution in [3.63, 3.8) is 0 Å². The minimum absolute atomic E-state index is 0.180. The first-order valence-corrected chi connectivity index (χ1v) is 10.2. The Morgan fingerprint density at radius 1 is 1.16 bits per heavy atom. The molecule has 0 bridgehead atoms. The van der Waals surface area contributed by atoms with Crippen LogP contribution in [-0.2, 0) is 6.61 Å². The number of hydrazone groups is 1. The highest BCUT2D eigenvalue weighted by atomic mass is 16.5. The lowest BCUT2D eigenvalue weighted by molar-refractivity contribution is 0.284. The third-order valence-corrected chi connectivity index (χ3v) is 4.89. The number of nitrogens with one attached hydrogen (secondary N) is 1. The van der Waals surface area contributed by atoms with Crippen LogP contribution in [-0.4, -0.2) is 18.3 Å². The molecule has 3 aromatic rings. The number of nitrogens with zero attached hydrogens (tertiary/aromatic N) is 3. The van der Waals surface area contributed by atoms with Gasteiger partial charge in [0.15, 0.2) is 11.5 Å². The zero-order valence-electron chi connectivity index (χ0n) is 18.0. The summed E-state index contributed by atoms with van der Waals surface area (Å²) in [5, 5.41) is 13.5. The maximum Gasteiger partial charge on any atom is 0.252 e. The Morgan fingerprint density at radius 3 is 2.61 bits per heavy atom. The maximum atomic E-state index is 9.31. The number of ether oxygens (including phenoxy) is 2. The van der Waals surface area contributed by atoms with E-state index in [4.69, 9.17) is 13.9 Å². The summed E-state index contributed by atoms with van der Waals surface area (Å²) in [5.41, 5.74) is 4.85. The number of hydrogen-bond acceptors (Lipinski definition) is 7. The summed E-state index contributed by atoms with van der Waals surface area (Å²) in [5.74, 6) is 2.23. The van der Waals surface area contributed by atoms with Gasteiger partial charge in [-0.05, 0) is 42.2 Å². The van der Waals surface area contributed by atoms with Gasteiger partial charge in [-0.1, -0.05) is 44.2 Å². The molecule has 0 saturated carbocycles. The molecule has 1 heterocycles. The second kappa shape index (κ2) is 10.8. The minimum atomic E-state index is 0.180. The summed E-state index contributed by atoms with van der Waals surface area (Å²) in [6, 6.07) is 17.5. The van der Waals surface area contributed by atoms with E-state index in [-0.39, 0.29) is 17.5 Å². The normalized spacial score (nSPS) is 10.9. The molecule has 0 amide bonds. The zero-order valence-corrected chi connectivity index (χ0v) is 18.0. The van der Waals surface area contributed by atoms with Crippen LogP contribution in [0.1, 0.15) is 55.3 Å². The molecule has 0 radical (unpaired) electrons. The molecule has 0 spiro atoms. The van der Waals surface area contributed by atoms with Gasteiger partial charge in [0.1, 0.15) is 12.7 Å². The van der Waals surface area contributed by atoms with Crippen LogP contribution >= 0.6 is 0 Å². The molecule has 0 saturated heterocycles. The molecule has 160 valence electrons. The fourth-order valence-corrected chi connectivity index (χ4v) is 3.09. The molecule has 1 aromatic heterocycles. The Balaban J connectivity index is 1.68. The van der Waals surface area contributed by atoms with Gasteiger partial charge < -0.3 is 13.9 Å². The number of nitriles is 1. The molecule has 0 aliphatic heterocycles. The number of oxazole rings is 1. The van der Waals surface area contributed by atoms with Crippen molar-refractivity contribution in [2.24, 2.45) is 5.10 Å². The van der Waals surface area contributed by atoms with E-state index in [1.807, 2.05) is 54.6 Å². The predicted molar refractivity (Wildman–Crippen MR) is 120 cm³/mol. The van der Waals surface area contributed by atoms with E-state index in [9.17, 15) is 5.26 Å². The largest absolute Gasteiger partial charge is 0.493 e. The summed E-state index contributed by atoms with van der Waals surface area (Å²) in [7, 11) is 1.59. The van der Waals surface area contributed by atoms with E-state index < -0.39 is 0 Å². The molecule has 0 atom stereocenters. The number of aromatic nitrogens is 1. The summed E-state index contributed by atoms with van der Waals surface area (Å²) >= 11 is 0. The molecule has 0 aliphatic rings. The standard InChI is InChI=1S/C24H26N4O3/c1-4-19(5-2)23-27-20(14-25)24(31-23)28-26-15-18-11-12-21(22(13-18)29-3)30-16-17-9-7-6-8-10-17/h6-13,15,19,28H,4-5,16H2,1-3H3. The van der Waals surface area contributed by atoms with E-state index in [2.05, 4.69) is 29.4 Å². The van der Waals surface area contributed by atoms with Crippen molar-refractivity contribution in [2.75, 3.05) is 12.5 Å². The third-order valence-electron chi connectivity index (χ3n) is 4.89. The van der Waals surface area contributed by atoms with Crippen molar-refractivity contribution in [2.45, 2.75) is 39.2 Å². The summed E-state index contributed by atoms with van der Waals surface area (Å²) in [4.78, 5) is 4.28. The quantitative estimate of drug-likeness (QED) is 0.346. The summed E-state index contributed by atoms with van der Waals surface area (Å²) < 4.78 is 17.0. The fourth-order valence-electron chi connectivity index (χ4n) is 3.09. The molecular formula is C24H26N4O3. The maximum absolute atomic E-state index is 9.31. The average molecular weight is 418 g/mol. The van der Waals surface area contributed by atoms with Gasteiger partial charge in [-0.25, -0.2) is 10.4 Å². The van der Waals surface area contributed by atoms with Crippen LogP contribution in [0.2, 0.25) is 0 Å². The van der Waals surface area contributed by atoms with Gasteiger partial charge in [-0.15, -0.1) is 0 Å². The van der Waals surface area contributed by atoms with E-state index >= 15 is 0 Å². The smallest absolute Gasteiger partial charge is 0.252 e. The molecule has 7 nitrogen and oxygen atoms in total. The lowest BCUT2D eigenvalue weighted by Gasteiger charge is -2.11. The van der Waals surface area contributed by atoms with Crippen LogP contribution in [0.15, 0.2) is 58.0 Å². The fraction of sp³-hybridized carbons (Fsp3) is 0.292. The SMILES string of the molecule is CCC(CC)c1nc(C#N)c(NN=Cc2ccc(OCc3ccccc3)c(OC)c2)o1. The predicted octanol–water partition coefficient (Wildman–Crippen LogP) is 5.48. The molecular weight excluding hydrogens is 392 g/mol. The second-order valence-corrected chi connectivity index (χ2v) is 6.91. The monoisotopic (exact) mass is 418 g/mol. The van der Waals surface area contributed by atoms with Crippen LogP contribution in [0.3, 0.4) is 0 Å². The average Bonchev–Trinajstić information content (AvgIpc) is 3.22. The molecule has 31 heavy (non-hydrogen) atoms. The highest BCUT2D eigenvalue weighted by Gasteiger charge is 2.18. The van der Waals surface area contributed by atoms with E-state index in [0.717, 1.165) is 24.0 Å². The van der Waals surface area contributed by atoms with Crippen LogP contribution in [0.5, 0.6) is 11.5 Å². The number of anilines is 1. The van der Waals surface area contributed by atoms with E-state index in [1.54, 1.807) is 13.3 Å². The van der Waals surface area contributed by atoms with Gasteiger partial charge in [0.2, 0.25) is 11.6 Å². The van der Waals surface area contributed by atoms with Crippen LogP contribution in [0, 0.1) is 11.3 Å². The Morgan fingerprint density at radius 2 is 1.94 bits per heavy atom. The third kappa shape index (κ3) is 5.64. The molecule has 2 aromatic carbocycles. The molecule has 1 N–H and O–H groups in total. The molecule has 0 aliphatic carbocycles. The van der Waals surface area contributed by atoms with Crippen molar-refractivity contribution in [1.82, 2.24) is 4.98 Å². The van der Waals surface area contributed by atoms with E-state index in [1.165, 1.54) is 0 Å². The first-order valence-electron chi connectivity index (χ1n) is 10.2. The second-order valence-electron chi connectivity index (χ2n) is 6.91. The van der Waals surface area contributed by atoms with Crippen LogP contribution < -0.4 is 14.9 Å². The van der Waals surface area contributed by atoms with Crippen LogP contribution in [0.25, 0.3) is 0 Å². The number of rotatable bonds is 10. The molecule has 3 rings (SSSR count). The zero-order chi connectivity index (χ0) is 22.1. The van der Waals surface area contributed by atoms with E-state index in [0.29, 0.717) is 24.0 Å². The van der Waals surface area contributed by atoms with Crippen molar-refractivity contribution in [3.8, 4) is 17.6 Å². The molecule has 0 fully saturated rings. The van der Waals surface area contributed by atoms with Crippen molar-refractivity contribution < 1.29 is 13.9 Å². The Kier molecular flexibility index (Phi) is 7.66. The summed E-state index contributed by atoms with van der Waals surface area (Å²) in [6.45, 7) is 4.58. The first-order chi connectivity index (χ1) is 15.2. The van der Waals surface area contributed by atoms with Crippen molar-refractivity contribution >= 4 is 12.1 Å². The van der Waals surface area contributed by atoms with Gasteiger partial charge in [-0.2, -0.15) is 10.4 Å². The Bertz CT molecular complexity index is 1050. The molecule has 0 unspecified atom stereocenters. The lowest BCUT2D eigenvalue weighted by Crippen LogP contribution is -1.98. The van der Waals surface area contributed by atoms with Gasteiger partial charge in [0, 0.05) is 5.92 Å². The van der Waals surface area contributed by atoms with Crippen LogP contribution in [0.4, 0.5) is 5.88 Å². The highest BCUT2D eigenvalue weighted by Crippen LogP contribution is 2.29. The van der Waals surface area contributed by atoms with Crippen molar-refractivity contribution in [1.29, 1.82) is 5.26 Å². The number of methoxy groups -OCH3 is 1. The lowest BCUT2D eigenvalue weighted by atomic mass is 10.0. The van der Waals surface area contributed by atoms with Crippen molar-refractivity contribution in [3.05, 3.63) is 71.2 Å². The van der Waals surface area contributed by atoms with Gasteiger partial charge in [-0.3, -0.25) is 0 Å². The number of hydrogen-bond donors (Lipinski definition) is 1. The Labute approximate surface area is 182 Å². The molecule has 7 heteroatoms. The Hall–Kier alpha value is -3.79. The van der Waals surface area contributed by atoms with Gasteiger partial charge in [0.25, 0.3) is 5.88 Å². The van der Waals surface area contributed by atoms with Gasteiger partial charge in [0.05, 0.1) is 13.3 Å². The minimum Gasteiger partial charge on any atom is -0.493 e.